The van der Waals surface area contributed by atoms with Crippen LogP contribution in [0.15, 0.2) is 59.0 Å². The highest BCUT2D eigenvalue weighted by Gasteiger charge is 2.28. The molecule has 2 aliphatic rings. The van der Waals surface area contributed by atoms with Crippen LogP contribution in [0.2, 0.25) is 5.02 Å². The largest absolute Gasteiger partial charge is 0.495 e. The summed E-state index contributed by atoms with van der Waals surface area (Å²) in [5, 5.41) is 6.23. The van der Waals surface area contributed by atoms with Gasteiger partial charge in [-0.05, 0) is 81.6 Å². The van der Waals surface area contributed by atoms with Gasteiger partial charge in [0.1, 0.15) is 5.75 Å². The average Bonchev–Trinajstić information content (AvgIpc) is 3.63. The van der Waals surface area contributed by atoms with Gasteiger partial charge >= 0.3 is 0 Å². The van der Waals surface area contributed by atoms with Gasteiger partial charge in [-0.15, -0.1) is 0 Å². The van der Waals surface area contributed by atoms with Crippen LogP contribution in [0, 0.1) is 6.92 Å². The van der Waals surface area contributed by atoms with Gasteiger partial charge < -0.3 is 24.4 Å². The molecule has 1 N–H and O–H groups in total. The number of hydrogen-bond donors (Lipinski definition) is 1. The van der Waals surface area contributed by atoms with Crippen molar-refractivity contribution in [3.63, 3.8) is 0 Å². The van der Waals surface area contributed by atoms with Gasteiger partial charge in [0.2, 0.25) is 0 Å². The number of aryl methyl sites for hydroxylation is 2. The molecule has 0 aliphatic carbocycles. The third-order valence-corrected chi connectivity index (χ3v) is 9.58. The van der Waals surface area contributed by atoms with E-state index in [0.717, 1.165) is 62.4 Å². The molecule has 0 saturated carbocycles. The second-order valence-corrected chi connectivity index (χ2v) is 11.9. The van der Waals surface area contributed by atoms with Crippen LogP contribution in [0.3, 0.4) is 0 Å². The molecule has 6 rings (SSSR count). The van der Waals surface area contributed by atoms with E-state index in [-0.39, 0.29) is 0 Å². The van der Waals surface area contributed by atoms with Crippen molar-refractivity contribution in [3.8, 4) is 5.75 Å². The highest BCUT2D eigenvalue weighted by Crippen LogP contribution is 2.40. The van der Waals surface area contributed by atoms with E-state index in [4.69, 9.17) is 21.3 Å². The first kappa shape index (κ1) is 26.3. The predicted octanol–water partition coefficient (Wildman–Crippen LogP) is 6.90. The van der Waals surface area contributed by atoms with Crippen LogP contribution >= 0.6 is 23.4 Å². The lowest BCUT2D eigenvalue weighted by atomic mass is 10.0. The van der Waals surface area contributed by atoms with Crippen LogP contribution < -0.4 is 15.0 Å². The minimum atomic E-state index is 0.682. The standard InChI is InChI=1S/C30H35ClN6OS/c1-20-19-33-25-18-26(37-13-8-22(9-14-37)36-11-4-5-12-36)27(38-3)17-23(25)29(20)34-21-6-7-28(24(31)16-21)39-30-32-10-15-35(30)2/h6-7,10,15-19,22H,4-5,8-9,11-14H2,1-3H3,(H,33,34). The molecule has 0 spiro atoms. The Balaban J connectivity index is 1.25. The van der Waals surface area contributed by atoms with Gasteiger partial charge in [-0.2, -0.15) is 0 Å². The Morgan fingerprint density at radius 3 is 2.54 bits per heavy atom. The molecule has 9 heteroatoms. The zero-order chi connectivity index (χ0) is 26.9. The smallest absolute Gasteiger partial charge is 0.172 e. The summed E-state index contributed by atoms with van der Waals surface area (Å²) >= 11 is 8.24. The summed E-state index contributed by atoms with van der Waals surface area (Å²) in [5.74, 6) is 0.887. The first-order valence-corrected chi connectivity index (χ1v) is 14.9. The second-order valence-electron chi connectivity index (χ2n) is 10.5. The molecule has 2 aliphatic heterocycles. The number of benzene rings is 2. The van der Waals surface area contributed by atoms with Gasteiger partial charge in [0.25, 0.3) is 0 Å². The van der Waals surface area contributed by atoms with E-state index in [9.17, 15) is 0 Å². The molecule has 2 saturated heterocycles. The second kappa shape index (κ2) is 11.3. The SMILES string of the molecule is COc1cc2c(Nc3ccc(Sc4nccn4C)c(Cl)c3)c(C)cnc2cc1N1CCC(N2CCCC2)CC1. The molecule has 0 bridgehead atoms. The number of aromatic nitrogens is 3. The van der Waals surface area contributed by atoms with Gasteiger partial charge in [0.05, 0.1) is 29.0 Å². The van der Waals surface area contributed by atoms with E-state index >= 15 is 0 Å². The summed E-state index contributed by atoms with van der Waals surface area (Å²) in [6, 6.07) is 11.1. The Labute approximate surface area is 239 Å². The number of imidazole rings is 1. The quantitative estimate of drug-likeness (QED) is 0.263. The number of likely N-dealkylation sites (tertiary alicyclic amines) is 1. The van der Waals surface area contributed by atoms with Crippen molar-refractivity contribution >= 4 is 51.3 Å². The van der Waals surface area contributed by atoms with Crippen LogP contribution in [0.25, 0.3) is 10.9 Å². The third kappa shape index (κ3) is 5.42. The summed E-state index contributed by atoms with van der Waals surface area (Å²) in [5.41, 5.74) is 5.08. The van der Waals surface area contributed by atoms with Crippen molar-refractivity contribution < 1.29 is 4.74 Å². The monoisotopic (exact) mass is 562 g/mol. The molecule has 4 heterocycles. The van der Waals surface area contributed by atoms with Crippen molar-refractivity contribution in [1.82, 2.24) is 19.4 Å². The van der Waals surface area contributed by atoms with Crippen LogP contribution in [0.4, 0.5) is 17.1 Å². The maximum atomic E-state index is 6.69. The highest BCUT2D eigenvalue weighted by atomic mass is 35.5. The molecule has 4 aromatic rings. The summed E-state index contributed by atoms with van der Waals surface area (Å²) in [6.07, 6.45) is 10.8. The summed E-state index contributed by atoms with van der Waals surface area (Å²) in [7, 11) is 3.74. The number of pyridine rings is 1. The van der Waals surface area contributed by atoms with E-state index in [1.807, 2.05) is 36.1 Å². The number of nitrogens with one attached hydrogen (secondary N) is 1. The van der Waals surface area contributed by atoms with Crippen LogP contribution in [0.5, 0.6) is 5.75 Å². The molecule has 2 aromatic heterocycles. The number of halogens is 1. The average molecular weight is 563 g/mol. The summed E-state index contributed by atoms with van der Waals surface area (Å²) < 4.78 is 7.92. The molecule has 39 heavy (non-hydrogen) atoms. The number of anilines is 3. The fraction of sp³-hybridized carbons (Fsp3) is 0.400. The molecule has 204 valence electrons. The number of hydrogen-bond acceptors (Lipinski definition) is 7. The lowest BCUT2D eigenvalue weighted by Gasteiger charge is -2.38. The minimum absolute atomic E-state index is 0.682. The van der Waals surface area contributed by atoms with E-state index < -0.39 is 0 Å². The fourth-order valence-corrected chi connectivity index (χ4v) is 6.92. The third-order valence-electron chi connectivity index (χ3n) is 8.00. The first-order chi connectivity index (χ1) is 19.0. The van der Waals surface area contributed by atoms with Gasteiger partial charge in [-0.25, -0.2) is 4.98 Å². The minimum Gasteiger partial charge on any atom is -0.495 e. The lowest BCUT2D eigenvalue weighted by molar-refractivity contribution is 0.207. The van der Waals surface area contributed by atoms with Gasteiger partial charge in [0.15, 0.2) is 5.16 Å². The van der Waals surface area contributed by atoms with Crippen molar-refractivity contribution in [3.05, 3.63) is 59.5 Å². The molecule has 0 amide bonds. The Bertz CT molecular complexity index is 1480. The van der Waals surface area contributed by atoms with Crippen molar-refractivity contribution in [2.75, 3.05) is 43.5 Å². The number of nitrogens with zero attached hydrogens (tertiary/aromatic N) is 5. The molecule has 2 aromatic carbocycles. The van der Waals surface area contributed by atoms with E-state index in [1.54, 1.807) is 25.1 Å². The number of fused-ring (bicyclic) bond motifs is 1. The highest BCUT2D eigenvalue weighted by molar-refractivity contribution is 7.99. The van der Waals surface area contributed by atoms with Gasteiger partial charge in [-0.1, -0.05) is 23.4 Å². The Hall–Kier alpha value is -2.94. The molecule has 0 unspecified atom stereocenters. The predicted molar refractivity (Wildman–Crippen MR) is 161 cm³/mol. The molecule has 7 nitrogen and oxygen atoms in total. The van der Waals surface area contributed by atoms with Crippen LogP contribution in [-0.4, -0.2) is 58.8 Å². The van der Waals surface area contributed by atoms with E-state index in [0.29, 0.717) is 11.1 Å². The topological polar surface area (TPSA) is 58.5 Å². The zero-order valence-electron chi connectivity index (χ0n) is 22.8. The molecular weight excluding hydrogens is 528 g/mol. The summed E-state index contributed by atoms with van der Waals surface area (Å²) in [4.78, 5) is 15.3. The van der Waals surface area contributed by atoms with Crippen molar-refractivity contribution in [2.24, 2.45) is 7.05 Å². The zero-order valence-corrected chi connectivity index (χ0v) is 24.4. The maximum absolute atomic E-state index is 6.69. The van der Waals surface area contributed by atoms with Gasteiger partial charge in [-0.3, -0.25) is 4.98 Å². The molecule has 0 atom stereocenters. The lowest BCUT2D eigenvalue weighted by Crippen LogP contribution is -2.44. The molecule has 0 radical (unpaired) electrons. The Morgan fingerprint density at radius 2 is 1.85 bits per heavy atom. The Kier molecular flexibility index (Phi) is 7.60. The number of ether oxygens (including phenoxy) is 1. The fourth-order valence-electron chi connectivity index (χ4n) is 5.82. The number of methoxy groups -OCH3 is 1. The normalized spacial score (nSPS) is 16.8. The van der Waals surface area contributed by atoms with E-state index in [2.05, 4.69) is 45.2 Å². The number of piperidine rings is 1. The molecular formula is C30H35ClN6OS. The Morgan fingerprint density at radius 1 is 1.05 bits per heavy atom. The molecule has 2 fully saturated rings. The number of rotatable bonds is 7. The van der Waals surface area contributed by atoms with Crippen molar-refractivity contribution in [1.29, 1.82) is 0 Å². The summed E-state index contributed by atoms with van der Waals surface area (Å²) in [6.45, 7) is 6.69. The van der Waals surface area contributed by atoms with Crippen LogP contribution in [0.1, 0.15) is 31.2 Å². The maximum Gasteiger partial charge on any atom is 0.172 e. The van der Waals surface area contributed by atoms with Crippen molar-refractivity contribution in [2.45, 2.75) is 48.7 Å². The van der Waals surface area contributed by atoms with Crippen LogP contribution in [-0.2, 0) is 7.05 Å². The van der Waals surface area contributed by atoms with Gasteiger partial charge in [0, 0.05) is 60.7 Å². The van der Waals surface area contributed by atoms with E-state index in [1.165, 1.54) is 38.8 Å². The first-order valence-electron chi connectivity index (χ1n) is 13.7.